The number of carbonyl (C=O) groups is 1. The first-order valence-electron chi connectivity index (χ1n) is 6.80. The first-order chi connectivity index (χ1) is 10.7. The highest BCUT2D eigenvalue weighted by atomic mass is 16.5. The average Bonchev–Trinajstić information content (AvgIpc) is 2.87. The number of rotatable bonds is 4. The summed E-state index contributed by atoms with van der Waals surface area (Å²) in [4.78, 5) is 16.5. The minimum atomic E-state index is -0.505. The molecule has 1 aromatic carbocycles. The molecule has 0 atom stereocenters. The highest BCUT2D eigenvalue weighted by molar-refractivity contribution is 5.91. The number of aromatic hydroxyl groups is 1. The minimum Gasteiger partial charge on any atom is -0.508 e. The van der Waals surface area contributed by atoms with E-state index in [9.17, 15) is 9.90 Å². The number of pyridine rings is 1. The van der Waals surface area contributed by atoms with Crippen molar-refractivity contribution in [2.45, 2.75) is 6.92 Å². The highest BCUT2D eigenvalue weighted by Gasteiger charge is 2.22. The van der Waals surface area contributed by atoms with Gasteiger partial charge in [-0.1, -0.05) is 6.07 Å². The third-order valence-electron chi connectivity index (χ3n) is 3.02. The lowest BCUT2D eigenvalue weighted by Crippen LogP contribution is -2.09. The van der Waals surface area contributed by atoms with E-state index in [0.29, 0.717) is 11.4 Å². The van der Waals surface area contributed by atoms with Gasteiger partial charge in [-0.3, -0.25) is 4.40 Å². The third-order valence-corrected chi connectivity index (χ3v) is 3.02. The van der Waals surface area contributed by atoms with Gasteiger partial charge >= 0.3 is 5.97 Å². The van der Waals surface area contributed by atoms with E-state index in [0.717, 1.165) is 0 Å². The number of esters is 1. The molecule has 2 heterocycles. The molecule has 0 bridgehead atoms. The molecule has 0 aliphatic heterocycles. The third kappa shape index (κ3) is 2.58. The molecule has 6 nitrogen and oxygen atoms in total. The van der Waals surface area contributed by atoms with Gasteiger partial charge in [0.05, 0.1) is 6.61 Å². The largest absolute Gasteiger partial charge is 0.508 e. The van der Waals surface area contributed by atoms with Gasteiger partial charge in [0.15, 0.2) is 5.69 Å². The second-order valence-corrected chi connectivity index (χ2v) is 4.51. The van der Waals surface area contributed by atoms with E-state index in [1.54, 1.807) is 41.8 Å². The summed E-state index contributed by atoms with van der Waals surface area (Å²) in [5.41, 5.74) is 0.810. The molecule has 22 heavy (non-hydrogen) atoms. The summed E-state index contributed by atoms with van der Waals surface area (Å²) in [6.45, 7) is 2.00. The monoisotopic (exact) mass is 298 g/mol. The Morgan fingerprint density at radius 1 is 1.23 bits per heavy atom. The molecule has 0 saturated heterocycles. The fourth-order valence-electron chi connectivity index (χ4n) is 2.06. The number of carbonyl (C=O) groups excluding carboxylic acids is 1. The summed E-state index contributed by atoms with van der Waals surface area (Å²) < 4.78 is 12.4. The van der Waals surface area contributed by atoms with Crippen molar-refractivity contribution in [2.75, 3.05) is 6.61 Å². The standard InChI is InChI=1S/C16H14N2O4/c1-2-21-16(20)14-15(17-13-5-3-4-10-18(13)14)22-12-8-6-11(19)7-9-12/h3-10,19H,2H2,1H3. The molecule has 0 radical (unpaired) electrons. The van der Waals surface area contributed by atoms with E-state index in [1.807, 2.05) is 6.07 Å². The fraction of sp³-hybridized carbons (Fsp3) is 0.125. The van der Waals surface area contributed by atoms with Gasteiger partial charge in [-0.2, -0.15) is 4.98 Å². The van der Waals surface area contributed by atoms with Crippen molar-refractivity contribution in [2.24, 2.45) is 0 Å². The first-order valence-corrected chi connectivity index (χ1v) is 6.80. The number of hydrogen-bond donors (Lipinski definition) is 1. The molecule has 1 N–H and O–H groups in total. The smallest absolute Gasteiger partial charge is 0.361 e. The van der Waals surface area contributed by atoms with Crippen LogP contribution in [0.2, 0.25) is 0 Å². The first kappa shape index (κ1) is 13.9. The zero-order valence-electron chi connectivity index (χ0n) is 11.9. The molecule has 112 valence electrons. The van der Waals surface area contributed by atoms with Crippen LogP contribution in [-0.4, -0.2) is 27.1 Å². The van der Waals surface area contributed by atoms with E-state index >= 15 is 0 Å². The van der Waals surface area contributed by atoms with Gasteiger partial charge in [-0.25, -0.2) is 4.79 Å². The quantitative estimate of drug-likeness (QED) is 0.749. The van der Waals surface area contributed by atoms with Crippen LogP contribution in [0.15, 0.2) is 48.7 Å². The Morgan fingerprint density at radius 3 is 2.73 bits per heavy atom. The summed E-state index contributed by atoms with van der Waals surface area (Å²) in [6.07, 6.45) is 1.72. The Morgan fingerprint density at radius 2 is 2.00 bits per heavy atom. The highest BCUT2D eigenvalue weighted by Crippen LogP contribution is 2.27. The Bertz CT molecular complexity index is 809. The van der Waals surface area contributed by atoms with E-state index in [4.69, 9.17) is 9.47 Å². The van der Waals surface area contributed by atoms with Crippen LogP contribution in [0.3, 0.4) is 0 Å². The summed E-state index contributed by atoms with van der Waals surface area (Å²) in [6, 6.07) is 11.6. The second kappa shape index (κ2) is 5.77. The SMILES string of the molecule is CCOC(=O)c1c(Oc2ccc(O)cc2)nc2ccccn12. The van der Waals surface area contributed by atoms with Gasteiger partial charge in [0.2, 0.25) is 0 Å². The maximum Gasteiger partial charge on any atom is 0.361 e. The van der Waals surface area contributed by atoms with E-state index in [-0.39, 0.29) is 23.9 Å². The molecule has 0 fully saturated rings. The van der Waals surface area contributed by atoms with Crippen LogP contribution in [0.4, 0.5) is 0 Å². The molecule has 3 aromatic rings. The molecular weight excluding hydrogens is 284 g/mol. The summed E-state index contributed by atoms with van der Waals surface area (Å²) in [5, 5.41) is 9.30. The van der Waals surface area contributed by atoms with Crippen molar-refractivity contribution in [3.63, 3.8) is 0 Å². The fourth-order valence-corrected chi connectivity index (χ4v) is 2.06. The zero-order valence-corrected chi connectivity index (χ0v) is 11.9. The van der Waals surface area contributed by atoms with Crippen molar-refractivity contribution in [3.8, 4) is 17.4 Å². The maximum atomic E-state index is 12.2. The Kier molecular flexibility index (Phi) is 3.65. The van der Waals surface area contributed by atoms with Crippen molar-refractivity contribution >= 4 is 11.6 Å². The number of phenolic OH excluding ortho intramolecular Hbond substituents is 1. The molecular formula is C16H14N2O4. The van der Waals surface area contributed by atoms with Crippen LogP contribution in [0, 0.1) is 0 Å². The number of phenols is 1. The molecule has 0 amide bonds. The number of aromatic nitrogens is 2. The van der Waals surface area contributed by atoms with Crippen molar-refractivity contribution in [3.05, 3.63) is 54.4 Å². The zero-order chi connectivity index (χ0) is 15.5. The van der Waals surface area contributed by atoms with Crippen molar-refractivity contribution in [1.82, 2.24) is 9.38 Å². The lowest BCUT2D eigenvalue weighted by molar-refractivity contribution is 0.0515. The molecule has 0 saturated carbocycles. The molecule has 6 heteroatoms. The molecule has 0 spiro atoms. The summed E-state index contributed by atoms with van der Waals surface area (Å²) in [5.74, 6) is 0.255. The maximum absolute atomic E-state index is 12.2. The Labute approximate surface area is 126 Å². The van der Waals surface area contributed by atoms with Gasteiger partial charge < -0.3 is 14.6 Å². The van der Waals surface area contributed by atoms with E-state index in [1.165, 1.54) is 12.1 Å². The van der Waals surface area contributed by atoms with Crippen LogP contribution < -0.4 is 4.74 Å². The summed E-state index contributed by atoms with van der Waals surface area (Å²) in [7, 11) is 0. The van der Waals surface area contributed by atoms with E-state index < -0.39 is 5.97 Å². The van der Waals surface area contributed by atoms with Crippen LogP contribution in [0.1, 0.15) is 17.4 Å². The van der Waals surface area contributed by atoms with Crippen LogP contribution in [0.25, 0.3) is 5.65 Å². The van der Waals surface area contributed by atoms with Crippen LogP contribution in [-0.2, 0) is 4.74 Å². The normalized spacial score (nSPS) is 10.6. The lowest BCUT2D eigenvalue weighted by Gasteiger charge is -2.06. The molecule has 3 rings (SSSR count). The van der Waals surface area contributed by atoms with Crippen molar-refractivity contribution in [1.29, 1.82) is 0 Å². The number of nitrogens with zero attached hydrogens (tertiary/aromatic N) is 2. The number of ether oxygens (including phenoxy) is 2. The predicted molar refractivity (Wildman–Crippen MR) is 79.3 cm³/mol. The van der Waals surface area contributed by atoms with Gasteiger partial charge in [0.25, 0.3) is 5.88 Å². The van der Waals surface area contributed by atoms with Crippen LogP contribution in [0.5, 0.6) is 17.4 Å². The summed E-state index contributed by atoms with van der Waals surface area (Å²) >= 11 is 0. The molecule has 0 aliphatic carbocycles. The average molecular weight is 298 g/mol. The number of fused-ring (bicyclic) bond motifs is 1. The molecule has 0 aliphatic rings. The van der Waals surface area contributed by atoms with Gasteiger partial charge in [0.1, 0.15) is 17.1 Å². The Balaban J connectivity index is 2.05. The Hall–Kier alpha value is -3.02. The van der Waals surface area contributed by atoms with Gasteiger partial charge in [0, 0.05) is 6.20 Å². The number of imidazole rings is 1. The number of hydrogen-bond acceptors (Lipinski definition) is 5. The van der Waals surface area contributed by atoms with Gasteiger partial charge in [-0.15, -0.1) is 0 Å². The molecule has 0 unspecified atom stereocenters. The lowest BCUT2D eigenvalue weighted by atomic mass is 10.3. The van der Waals surface area contributed by atoms with Crippen molar-refractivity contribution < 1.29 is 19.4 Å². The molecule has 2 aromatic heterocycles. The number of benzene rings is 1. The van der Waals surface area contributed by atoms with Crippen LogP contribution >= 0.6 is 0 Å². The van der Waals surface area contributed by atoms with E-state index in [2.05, 4.69) is 4.98 Å². The second-order valence-electron chi connectivity index (χ2n) is 4.51. The predicted octanol–water partition coefficient (Wildman–Crippen LogP) is 3.01. The topological polar surface area (TPSA) is 73.1 Å². The minimum absolute atomic E-state index is 0.132. The van der Waals surface area contributed by atoms with Gasteiger partial charge in [-0.05, 0) is 43.3 Å².